The van der Waals surface area contributed by atoms with Crippen molar-refractivity contribution < 1.29 is 51.4 Å². The molecule has 82 heavy (non-hydrogen) atoms. The number of nitrogens with two attached hydrogens (primary N) is 1. The van der Waals surface area contributed by atoms with Gasteiger partial charge < -0.3 is 46.5 Å². The molecule has 4 atom stereocenters. The number of likely N-dealkylation sites (tertiary alicyclic amines) is 1. The lowest BCUT2D eigenvalue weighted by Gasteiger charge is -2.35. The van der Waals surface area contributed by atoms with E-state index in [0.717, 1.165) is 27.7 Å². The van der Waals surface area contributed by atoms with Crippen LogP contribution in [0.1, 0.15) is 91.1 Å². The molecule has 21 nitrogen and oxygen atoms in total. The number of primary amides is 1. The zero-order valence-corrected chi connectivity index (χ0v) is 50.1. The molecule has 0 radical (unpaired) electrons. The molecule has 0 saturated carbocycles. The van der Waals surface area contributed by atoms with Gasteiger partial charge in [0.25, 0.3) is 11.8 Å². The molecular formula is C57H72FN11O10S2Si. The molecule has 25 heteroatoms. The maximum Gasteiger partial charge on any atom is 0.254 e. The van der Waals surface area contributed by atoms with Gasteiger partial charge in [0.05, 0.1) is 39.2 Å². The fraction of sp³-hybridized carbons (Fsp3) is 0.404. The molecule has 8 N–H and O–H groups in total. The van der Waals surface area contributed by atoms with E-state index in [4.69, 9.17) is 20.3 Å². The van der Waals surface area contributed by atoms with Crippen LogP contribution in [0.4, 0.5) is 21.7 Å². The quantitative estimate of drug-likeness (QED) is 0.0216. The summed E-state index contributed by atoms with van der Waals surface area (Å²) >= 11 is 1.55. The van der Waals surface area contributed by atoms with Crippen LogP contribution >= 0.6 is 11.3 Å². The first-order chi connectivity index (χ1) is 38.7. The van der Waals surface area contributed by atoms with Crippen molar-refractivity contribution in [3.05, 3.63) is 124 Å². The Morgan fingerprint density at radius 1 is 0.963 bits per heavy atom. The molecule has 1 saturated heterocycles. The number of nitrogens with zero attached hydrogens (tertiary/aromatic N) is 5. The van der Waals surface area contributed by atoms with Crippen molar-refractivity contribution in [1.29, 1.82) is 0 Å². The molecule has 0 spiro atoms. The summed E-state index contributed by atoms with van der Waals surface area (Å²) in [7, 11) is -5.30. The third-order valence-corrected chi connectivity index (χ3v) is 17.5. The molecule has 438 valence electrons. The van der Waals surface area contributed by atoms with Crippen molar-refractivity contribution in [1.82, 2.24) is 40.6 Å². The van der Waals surface area contributed by atoms with E-state index in [9.17, 15) is 41.9 Å². The van der Waals surface area contributed by atoms with E-state index < -0.39 is 83.2 Å². The summed E-state index contributed by atoms with van der Waals surface area (Å²) in [6, 6.07) is 19.7. The number of halogens is 1. The molecule has 4 heterocycles. The third kappa shape index (κ3) is 16.3. The predicted octanol–water partition coefficient (Wildman–Crippen LogP) is 7.50. The number of amides is 5. The van der Waals surface area contributed by atoms with Gasteiger partial charge in [0.2, 0.25) is 27.7 Å². The second kappa shape index (κ2) is 26.6. The molecule has 0 bridgehead atoms. The Labute approximate surface area is 482 Å². The van der Waals surface area contributed by atoms with Crippen LogP contribution in [0.3, 0.4) is 0 Å². The summed E-state index contributed by atoms with van der Waals surface area (Å²) in [5.74, 6) is -3.20. The normalized spacial score (nSPS) is 15.3. The summed E-state index contributed by atoms with van der Waals surface area (Å²) in [6.07, 6.45) is -0.506. The number of pyridine rings is 1. The van der Waals surface area contributed by atoms with Crippen molar-refractivity contribution in [2.24, 2.45) is 11.1 Å². The van der Waals surface area contributed by atoms with Crippen LogP contribution in [0.5, 0.6) is 5.75 Å². The van der Waals surface area contributed by atoms with Crippen LogP contribution in [0, 0.1) is 18.2 Å². The number of benzene rings is 3. The van der Waals surface area contributed by atoms with Crippen LogP contribution < -0.4 is 36.5 Å². The van der Waals surface area contributed by atoms with Gasteiger partial charge in [-0.3, -0.25) is 28.7 Å². The van der Waals surface area contributed by atoms with Crippen LogP contribution in [0.15, 0.2) is 90.6 Å². The number of hydrogen-bond acceptors (Lipinski definition) is 15. The molecule has 0 aliphatic carbocycles. The van der Waals surface area contributed by atoms with Crippen molar-refractivity contribution in [2.75, 3.05) is 35.5 Å². The minimum atomic E-state index is -3.78. The Morgan fingerprint density at radius 3 is 2.29 bits per heavy atom. The van der Waals surface area contributed by atoms with E-state index in [1.165, 1.54) is 59.1 Å². The number of nitrogens with one attached hydrogen (secondary N) is 5. The summed E-state index contributed by atoms with van der Waals surface area (Å²) in [5.41, 5.74) is 11.1. The number of rotatable bonds is 25. The monoisotopic (exact) mass is 1180 g/mol. The van der Waals surface area contributed by atoms with Crippen molar-refractivity contribution in [3.8, 4) is 27.4 Å². The van der Waals surface area contributed by atoms with E-state index >= 15 is 0 Å². The highest BCUT2D eigenvalue weighted by atomic mass is 32.2. The van der Waals surface area contributed by atoms with Crippen molar-refractivity contribution >= 4 is 76.3 Å². The van der Waals surface area contributed by atoms with E-state index in [1.54, 1.807) is 62.7 Å². The van der Waals surface area contributed by atoms with Gasteiger partial charge in [0.1, 0.15) is 59.4 Å². The van der Waals surface area contributed by atoms with Gasteiger partial charge in [-0.25, -0.2) is 27.5 Å². The molecule has 1 aliphatic heterocycles. The van der Waals surface area contributed by atoms with E-state index in [1.807, 2.05) is 31.2 Å². The molecular weight excluding hydrogens is 1110 g/mol. The van der Waals surface area contributed by atoms with Gasteiger partial charge in [0.15, 0.2) is 0 Å². The van der Waals surface area contributed by atoms with Crippen LogP contribution in [-0.2, 0) is 42.4 Å². The average molecular weight is 1180 g/mol. The second-order valence-electron chi connectivity index (χ2n) is 22.3. The van der Waals surface area contributed by atoms with Crippen molar-refractivity contribution in [2.45, 2.75) is 118 Å². The average Bonchev–Trinajstić information content (AvgIpc) is 4.30. The maximum atomic E-state index is 14.2. The van der Waals surface area contributed by atoms with Gasteiger partial charge in [-0.05, 0) is 85.3 Å². The number of β-amino-alcohol motifs (C(OH)–C–C–N with tert-alkyl or cyclic N) is 1. The minimum Gasteiger partial charge on any atom is -0.484 e. The molecule has 7 rings (SSSR count). The summed E-state index contributed by atoms with van der Waals surface area (Å²) in [5, 5.41) is 27.0. The summed E-state index contributed by atoms with van der Waals surface area (Å²) in [4.78, 5) is 79.3. The Balaban J connectivity index is 1.01. The Morgan fingerprint density at radius 2 is 1.67 bits per heavy atom. The number of carbonyl (C=O) groups excluding carboxylic acids is 5. The first-order valence-corrected chi connectivity index (χ1v) is 33.1. The number of aliphatic hydroxyl groups excluding tert-OH is 1. The lowest BCUT2D eigenvalue weighted by Crippen LogP contribution is -2.57. The number of sulfonamides is 1. The second-order valence-corrected chi connectivity index (χ2v) is 30.8. The molecule has 1 aliphatic rings. The zero-order chi connectivity index (χ0) is 59.7. The molecule has 1 fully saturated rings. The zero-order valence-electron chi connectivity index (χ0n) is 47.5. The first kappa shape index (κ1) is 62.0. The number of aryl methyl sites for hydroxylation is 1. The lowest BCUT2D eigenvalue weighted by atomic mass is 9.85. The van der Waals surface area contributed by atoms with E-state index in [2.05, 4.69) is 55.6 Å². The lowest BCUT2D eigenvalue weighted by molar-refractivity contribution is -0.144. The van der Waals surface area contributed by atoms with Gasteiger partial charge in [-0.15, -0.1) is 11.3 Å². The van der Waals surface area contributed by atoms with Crippen LogP contribution in [-0.4, -0.2) is 119 Å². The van der Waals surface area contributed by atoms with Crippen molar-refractivity contribution in [3.63, 3.8) is 0 Å². The van der Waals surface area contributed by atoms with Gasteiger partial charge >= 0.3 is 0 Å². The number of anilines is 3. The molecule has 6 aromatic rings. The summed E-state index contributed by atoms with van der Waals surface area (Å²) < 4.78 is 55.7. The molecule has 3 aromatic carbocycles. The fourth-order valence-electron chi connectivity index (χ4n) is 8.86. The highest BCUT2D eigenvalue weighted by Crippen LogP contribution is 2.38. The van der Waals surface area contributed by atoms with Crippen LogP contribution in [0.25, 0.3) is 21.7 Å². The Kier molecular flexibility index (Phi) is 20.1. The largest absolute Gasteiger partial charge is 0.484 e. The SMILES string of the molecule is CCS(=O)(=O)Nc1ccc(-c2nn(COCC[Si](C)(C)C)c(Nc3ccc(C(=O)NCCC(=O)NC(C(=O)N4C[C@@H](O)C[C@@H]4C(=O)NCc4ccc(-c5scnc5C)cc4)C(C)(C)C)cn3)c2C(N)=O)cc1OC(C)c1ccc(F)cc1. The maximum absolute atomic E-state index is 14.2. The Hall–Kier alpha value is -7.58. The standard InChI is InChI=1S/C57H72FN11O10S2Si/c1-10-81(76,77)67-43-21-17-39(27-45(43)79-35(3)37-15-19-41(58)20-16-37)49-48(52(59)72)53(69(66-49)33-78-25-26-82(7,8)9)64-46-22-18-40(30-61-46)54(73)60-24-23-47(71)65-51(57(4,5)6)56(75)68-31-42(70)28-44(68)55(74)62-29-36-11-13-38(14-12-36)50-34(2)63-32-80-50/h11-22,27,30,32,35,42,44,51,67,70H,10,23-26,28-29,31,33H2,1-9H3,(H2,59,72)(H,60,73)(H,61,64)(H,62,74)(H,65,71)/t35?,42-,44+,51?/m0/s1. The van der Waals surface area contributed by atoms with Gasteiger partial charge in [-0.2, -0.15) is 5.10 Å². The highest BCUT2D eigenvalue weighted by Gasteiger charge is 2.44. The van der Waals surface area contributed by atoms with Crippen LogP contribution in [0.2, 0.25) is 25.7 Å². The van der Waals surface area contributed by atoms with Gasteiger partial charge in [0, 0.05) is 58.9 Å². The topological polar surface area (TPSA) is 291 Å². The Bertz CT molecular complexity index is 3370. The number of carbonyl (C=O) groups is 5. The smallest absolute Gasteiger partial charge is 0.254 e. The molecule has 5 amide bonds. The van der Waals surface area contributed by atoms with E-state index in [0.29, 0.717) is 17.7 Å². The third-order valence-electron chi connectivity index (χ3n) is 13.6. The highest BCUT2D eigenvalue weighted by molar-refractivity contribution is 7.92. The van der Waals surface area contributed by atoms with E-state index in [-0.39, 0.29) is 84.9 Å². The minimum absolute atomic E-state index is 0.0298. The number of thiazole rings is 1. The number of hydrogen-bond donors (Lipinski definition) is 7. The predicted molar refractivity (Wildman–Crippen MR) is 315 cm³/mol. The summed E-state index contributed by atoms with van der Waals surface area (Å²) in [6.45, 7) is 17.4. The van der Waals surface area contributed by atoms with Gasteiger partial charge in [-0.1, -0.05) is 82.9 Å². The molecule has 2 unspecified atom stereocenters. The number of ether oxygens (including phenoxy) is 2. The molecule has 3 aromatic heterocycles. The number of aromatic nitrogens is 4. The number of aliphatic hydroxyl groups is 1. The first-order valence-electron chi connectivity index (χ1n) is 26.8. The fourth-order valence-corrected chi connectivity index (χ4v) is 11.1.